The number of imide groups is 1. The summed E-state index contributed by atoms with van der Waals surface area (Å²) in [6, 6.07) is -0.799. The Kier molecular flexibility index (Phi) is 4.84. The number of carbonyl (C=O) groups is 3. The SMILES string of the molecule is CCOCCNC(=O)C(C)N1C(=O)C=CC1=O. The summed E-state index contributed by atoms with van der Waals surface area (Å²) in [4.78, 5) is 35.2. The molecule has 0 bridgehead atoms. The summed E-state index contributed by atoms with van der Waals surface area (Å²) in [5.41, 5.74) is 0. The van der Waals surface area contributed by atoms with Crippen molar-refractivity contribution in [2.24, 2.45) is 0 Å². The van der Waals surface area contributed by atoms with Crippen LogP contribution in [0.3, 0.4) is 0 Å². The minimum Gasteiger partial charge on any atom is -0.380 e. The van der Waals surface area contributed by atoms with Gasteiger partial charge in [0.1, 0.15) is 6.04 Å². The average molecular weight is 240 g/mol. The third kappa shape index (κ3) is 3.39. The van der Waals surface area contributed by atoms with Gasteiger partial charge < -0.3 is 10.1 Å². The fourth-order valence-corrected chi connectivity index (χ4v) is 1.45. The fraction of sp³-hybridized carbons (Fsp3) is 0.545. The first kappa shape index (κ1) is 13.4. The molecule has 1 atom stereocenters. The maximum atomic E-state index is 11.6. The second-order valence-corrected chi connectivity index (χ2v) is 3.54. The summed E-state index contributed by atoms with van der Waals surface area (Å²) in [5.74, 6) is -1.28. The molecule has 17 heavy (non-hydrogen) atoms. The van der Waals surface area contributed by atoms with Crippen LogP contribution in [-0.2, 0) is 19.1 Å². The predicted molar refractivity (Wildman–Crippen MR) is 60.0 cm³/mol. The molecule has 0 aromatic heterocycles. The second-order valence-electron chi connectivity index (χ2n) is 3.54. The van der Waals surface area contributed by atoms with Crippen molar-refractivity contribution in [2.75, 3.05) is 19.8 Å². The molecular weight excluding hydrogens is 224 g/mol. The van der Waals surface area contributed by atoms with Crippen molar-refractivity contribution in [2.45, 2.75) is 19.9 Å². The van der Waals surface area contributed by atoms with Gasteiger partial charge in [-0.15, -0.1) is 0 Å². The van der Waals surface area contributed by atoms with Gasteiger partial charge in [0.15, 0.2) is 0 Å². The smallest absolute Gasteiger partial charge is 0.254 e. The molecule has 1 N–H and O–H groups in total. The molecule has 0 fully saturated rings. The van der Waals surface area contributed by atoms with Crippen molar-refractivity contribution in [1.82, 2.24) is 10.2 Å². The van der Waals surface area contributed by atoms with E-state index in [1.54, 1.807) is 0 Å². The van der Waals surface area contributed by atoms with Crippen molar-refractivity contribution < 1.29 is 19.1 Å². The van der Waals surface area contributed by atoms with Gasteiger partial charge in [-0.05, 0) is 13.8 Å². The number of nitrogens with one attached hydrogen (secondary N) is 1. The maximum Gasteiger partial charge on any atom is 0.254 e. The van der Waals surface area contributed by atoms with Gasteiger partial charge in [-0.1, -0.05) is 0 Å². The number of nitrogens with zero attached hydrogens (tertiary/aromatic N) is 1. The highest BCUT2D eigenvalue weighted by molar-refractivity contribution is 6.15. The van der Waals surface area contributed by atoms with Crippen LogP contribution in [0.4, 0.5) is 0 Å². The molecule has 94 valence electrons. The van der Waals surface area contributed by atoms with Gasteiger partial charge in [-0.2, -0.15) is 0 Å². The molecule has 6 heteroatoms. The summed E-state index contributed by atoms with van der Waals surface area (Å²) < 4.78 is 5.06. The topological polar surface area (TPSA) is 75.7 Å². The predicted octanol–water partition coefficient (Wildman–Crippen LogP) is -0.547. The molecule has 1 aliphatic heterocycles. The zero-order valence-electron chi connectivity index (χ0n) is 9.93. The second kappa shape index (κ2) is 6.15. The largest absolute Gasteiger partial charge is 0.380 e. The quantitative estimate of drug-likeness (QED) is 0.499. The minimum absolute atomic E-state index is 0.362. The molecular formula is C11H16N2O4. The Morgan fingerprint density at radius 2 is 2.00 bits per heavy atom. The van der Waals surface area contributed by atoms with E-state index in [0.717, 1.165) is 17.1 Å². The Labute approximate surface area is 99.6 Å². The van der Waals surface area contributed by atoms with Crippen molar-refractivity contribution in [3.63, 3.8) is 0 Å². The monoisotopic (exact) mass is 240 g/mol. The summed E-state index contributed by atoms with van der Waals surface area (Å²) in [6.07, 6.45) is 2.32. The van der Waals surface area contributed by atoms with Crippen LogP contribution in [0.2, 0.25) is 0 Å². The molecule has 1 aliphatic rings. The van der Waals surface area contributed by atoms with E-state index in [1.807, 2.05) is 6.92 Å². The van der Waals surface area contributed by atoms with Gasteiger partial charge in [0, 0.05) is 25.3 Å². The molecule has 0 radical (unpaired) electrons. The van der Waals surface area contributed by atoms with Crippen molar-refractivity contribution in [3.05, 3.63) is 12.2 Å². The number of amides is 3. The first-order chi connectivity index (χ1) is 8.07. The first-order valence-electron chi connectivity index (χ1n) is 5.48. The summed E-state index contributed by atoms with van der Waals surface area (Å²) in [5, 5.41) is 2.60. The van der Waals surface area contributed by atoms with Gasteiger partial charge in [0.05, 0.1) is 6.61 Å². The lowest BCUT2D eigenvalue weighted by Crippen LogP contribution is -2.48. The number of carbonyl (C=O) groups excluding carboxylic acids is 3. The molecule has 3 amide bonds. The van der Waals surface area contributed by atoms with Gasteiger partial charge in [-0.25, -0.2) is 0 Å². The Morgan fingerprint density at radius 3 is 2.53 bits per heavy atom. The van der Waals surface area contributed by atoms with E-state index in [2.05, 4.69) is 5.32 Å². The fourth-order valence-electron chi connectivity index (χ4n) is 1.45. The Bertz CT molecular complexity index is 333. The molecule has 1 heterocycles. The molecule has 0 aromatic rings. The van der Waals surface area contributed by atoms with E-state index >= 15 is 0 Å². The van der Waals surface area contributed by atoms with Gasteiger partial charge in [0.25, 0.3) is 11.8 Å². The highest BCUT2D eigenvalue weighted by atomic mass is 16.5. The third-order valence-corrected chi connectivity index (χ3v) is 2.36. The molecule has 1 unspecified atom stereocenters. The molecule has 1 rings (SSSR count). The van der Waals surface area contributed by atoms with E-state index in [-0.39, 0.29) is 5.91 Å². The zero-order chi connectivity index (χ0) is 12.8. The van der Waals surface area contributed by atoms with E-state index in [0.29, 0.717) is 19.8 Å². The highest BCUT2D eigenvalue weighted by Crippen LogP contribution is 2.08. The Hall–Kier alpha value is -1.69. The van der Waals surface area contributed by atoms with Crippen LogP contribution >= 0.6 is 0 Å². The minimum atomic E-state index is -0.799. The highest BCUT2D eigenvalue weighted by Gasteiger charge is 2.32. The standard InChI is InChI=1S/C11H16N2O4/c1-3-17-7-6-12-11(16)8(2)13-9(14)4-5-10(13)15/h4-5,8H,3,6-7H2,1-2H3,(H,12,16). The zero-order valence-corrected chi connectivity index (χ0v) is 9.93. The molecule has 0 spiro atoms. The van der Waals surface area contributed by atoms with Crippen molar-refractivity contribution in [1.29, 1.82) is 0 Å². The third-order valence-electron chi connectivity index (χ3n) is 2.36. The van der Waals surface area contributed by atoms with Crippen LogP contribution in [0.5, 0.6) is 0 Å². The van der Waals surface area contributed by atoms with Crippen LogP contribution in [-0.4, -0.2) is 48.4 Å². The van der Waals surface area contributed by atoms with Crippen molar-refractivity contribution in [3.8, 4) is 0 Å². The number of hydrogen-bond donors (Lipinski definition) is 1. The van der Waals surface area contributed by atoms with Crippen LogP contribution in [0.25, 0.3) is 0 Å². The molecule has 6 nitrogen and oxygen atoms in total. The Balaban J connectivity index is 2.41. The van der Waals surface area contributed by atoms with Crippen molar-refractivity contribution >= 4 is 17.7 Å². The molecule has 0 aliphatic carbocycles. The molecule has 0 aromatic carbocycles. The maximum absolute atomic E-state index is 11.6. The lowest BCUT2D eigenvalue weighted by Gasteiger charge is -2.21. The molecule has 0 saturated carbocycles. The van der Waals surface area contributed by atoms with Gasteiger partial charge in [0.2, 0.25) is 5.91 Å². The van der Waals surface area contributed by atoms with Crippen LogP contribution < -0.4 is 5.32 Å². The van der Waals surface area contributed by atoms with Gasteiger partial charge >= 0.3 is 0 Å². The summed E-state index contributed by atoms with van der Waals surface area (Å²) in [7, 11) is 0. The number of rotatable bonds is 6. The molecule has 0 saturated heterocycles. The van der Waals surface area contributed by atoms with Crippen LogP contribution in [0.15, 0.2) is 12.2 Å². The lowest BCUT2D eigenvalue weighted by molar-refractivity contribution is -0.144. The average Bonchev–Trinajstić information content (AvgIpc) is 2.63. The summed E-state index contributed by atoms with van der Waals surface area (Å²) in [6.45, 7) is 4.73. The van der Waals surface area contributed by atoms with E-state index in [4.69, 9.17) is 4.74 Å². The number of ether oxygens (including phenoxy) is 1. The first-order valence-corrected chi connectivity index (χ1v) is 5.48. The van der Waals surface area contributed by atoms with E-state index < -0.39 is 17.9 Å². The number of hydrogen-bond acceptors (Lipinski definition) is 4. The van der Waals surface area contributed by atoms with Crippen LogP contribution in [0.1, 0.15) is 13.8 Å². The normalized spacial score (nSPS) is 16.5. The Morgan fingerprint density at radius 1 is 1.41 bits per heavy atom. The lowest BCUT2D eigenvalue weighted by atomic mass is 10.2. The van der Waals surface area contributed by atoms with E-state index in [1.165, 1.54) is 6.92 Å². The van der Waals surface area contributed by atoms with E-state index in [9.17, 15) is 14.4 Å². The van der Waals surface area contributed by atoms with Gasteiger partial charge in [-0.3, -0.25) is 19.3 Å². The summed E-state index contributed by atoms with van der Waals surface area (Å²) >= 11 is 0. The van der Waals surface area contributed by atoms with Crippen LogP contribution in [0, 0.1) is 0 Å².